The number of anilines is 1. The number of piperidine rings is 1. The Morgan fingerprint density at radius 2 is 1.63 bits per heavy atom. The first-order valence-electron chi connectivity index (χ1n) is 12.9. The number of fused-ring (bicyclic) bond motifs is 3. The molecule has 2 bridgehead atoms. The molecule has 2 saturated heterocycles. The van der Waals surface area contributed by atoms with E-state index in [2.05, 4.69) is 10.1 Å². The summed E-state index contributed by atoms with van der Waals surface area (Å²) in [4.78, 5) is 48.5. The molecule has 0 saturated carbocycles. The fraction of sp³-hybridized carbons (Fsp3) is 0.310. The number of ketones is 2. The topological polar surface area (TPSA) is 124 Å². The van der Waals surface area contributed by atoms with Gasteiger partial charge in [-0.2, -0.15) is 9.61 Å². The van der Waals surface area contributed by atoms with E-state index in [4.69, 9.17) is 10.7 Å². The maximum Gasteiger partial charge on any atom is 0.290 e. The Kier molecular flexibility index (Phi) is 5.78. The van der Waals surface area contributed by atoms with Gasteiger partial charge in [-0.25, -0.2) is 4.98 Å². The predicted octanol–water partition coefficient (Wildman–Crippen LogP) is 4.07. The highest BCUT2D eigenvalue weighted by Crippen LogP contribution is 2.44. The molecule has 0 aliphatic carbocycles. The second-order valence-electron chi connectivity index (χ2n) is 10.2. The van der Waals surface area contributed by atoms with Crippen molar-refractivity contribution in [3.8, 4) is 22.4 Å². The normalized spacial score (nSPS) is 20.6. The number of rotatable bonds is 5. The summed E-state index contributed by atoms with van der Waals surface area (Å²) in [5.74, 6) is -0.838. The first kappa shape index (κ1) is 24.0. The lowest BCUT2D eigenvalue weighted by Crippen LogP contribution is -2.48. The van der Waals surface area contributed by atoms with Gasteiger partial charge in [0.2, 0.25) is 5.78 Å². The number of nitrogens with two attached hydrogens (primary N) is 1. The minimum atomic E-state index is -0.440. The van der Waals surface area contributed by atoms with Crippen molar-refractivity contribution in [3.05, 3.63) is 66.1 Å². The molecule has 2 aliphatic heterocycles. The third-order valence-electron chi connectivity index (χ3n) is 7.86. The SMILES string of the molecule is CC(=O)C(=O)N1[C@@H]2CC[C@H]1C[C@H](c1nc3c(-c4ccc(-c5ccccc5)nc4)cnn3c(N)c1C(C)=O)C2. The van der Waals surface area contributed by atoms with Gasteiger partial charge in [0.25, 0.3) is 5.91 Å². The van der Waals surface area contributed by atoms with E-state index in [0.29, 0.717) is 29.7 Å². The second-order valence-corrected chi connectivity index (χ2v) is 10.2. The van der Waals surface area contributed by atoms with E-state index in [-0.39, 0.29) is 29.6 Å². The molecule has 1 aromatic carbocycles. The molecule has 3 atom stereocenters. The maximum absolute atomic E-state index is 12.8. The summed E-state index contributed by atoms with van der Waals surface area (Å²) >= 11 is 0. The van der Waals surface area contributed by atoms with Crippen LogP contribution in [0.1, 0.15) is 61.5 Å². The van der Waals surface area contributed by atoms with Crippen LogP contribution in [0.3, 0.4) is 0 Å². The van der Waals surface area contributed by atoms with Gasteiger partial charge in [-0.1, -0.05) is 36.4 Å². The van der Waals surface area contributed by atoms with Crippen LogP contribution in [0, 0.1) is 0 Å². The van der Waals surface area contributed by atoms with Crippen molar-refractivity contribution in [2.75, 3.05) is 5.73 Å². The molecule has 1 amide bonds. The Morgan fingerprint density at radius 1 is 0.921 bits per heavy atom. The van der Waals surface area contributed by atoms with Crippen molar-refractivity contribution < 1.29 is 14.4 Å². The number of nitrogens with zero attached hydrogens (tertiary/aromatic N) is 5. The van der Waals surface area contributed by atoms with Crippen LogP contribution in [-0.2, 0) is 9.59 Å². The minimum Gasteiger partial charge on any atom is -0.383 e. The van der Waals surface area contributed by atoms with Gasteiger partial charge in [0.15, 0.2) is 11.4 Å². The number of hydrogen-bond donors (Lipinski definition) is 1. The first-order chi connectivity index (χ1) is 18.3. The molecule has 9 heteroatoms. The van der Waals surface area contributed by atoms with E-state index in [9.17, 15) is 14.4 Å². The Bertz CT molecular complexity index is 1560. The highest BCUT2D eigenvalue weighted by atomic mass is 16.2. The average Bonchev–Trinajstić information content (AvgIpc) is 3.46. The Hall–Kier alpha value is -4.40. The summed E-state index contributed by atoms with van der Waals surface area (Å²) in [6.45, 7) is 2.81. The largest absolute Gasteiger partial charge is 0.383 e. The fourth-order valence-corrected chi connectivity index (χ4v) is 6.14. The van der Waals surface area contributed by atoms with Crippen LogP contribution < -0.4 is 5.73 Å². The third-order valence-corrected chi connectivity index (χ3v) is 7.86. The summed E-state index contributed by atoms with van der Waals surface area (Å²) in [5, 5.41) is 4.46. The van der Waals surface area contributed by atoms with Gasteiger partial charge in [0.05, 0.1) is 23.1 Å². The first-order valence-corrected chi connectivity index (χ1v) is 12.9. The molecular weight excluding hydrogens is 480 g/mol. The summed E-state index contributed by atoms with van der Waals surface area (Å²) in [6.07, 6.45) is 6.44. The standard InChI is InChI=1S/C29H28N6O3/c1-16(36)25-26(20-12-21-9-10-22(13-20)34(21)29(38)17(2)37)33-28-23(15-32-35(28)27(25)30)19-8-11-24(31-14-19)18-6-4-3-5-7-18/h3-8,11,14-15,20-22H,9-10,12-13,30H2,1-2H3/t20-,21-,22+. The number of carbonyl (C=O) groups excluding carboxylic acids is 3. The zero-order valence-corrected chi connectivity index (χ0v) is 21.3. The third kappa shape index (κ3) is 3.86. The van der Waals surface area contributed by atoms with Crippen molar-refractivity contribution in [1.29, 1.82) is 0 Å². The summed E-state index contributed by atoms with van der Waals surface area (Å²) in [7, 11) is 0. The van der Waals surface area contributed by atoms with Gasteiger partial charge in [-0.3, -0.25) is 19.4 Å². The van der Waals surface area contributed by atoms with Crippen molar-refractivity contribution in [2.24, 2.45) is 0 Å². The van der Waals surface area contributed by atoms with E-state index in [0.717, 1.165) is 35.2 Å². The van der Waals surface area contributed by atoms with Crippen LogP contribution in [-0.4, -0.2) is 54.0 Å². The molecule has 2 N–H and O–H groups in total. The molecule has 38 heavy (non-hydrogen) atoms. The van der Waals surface area contributed by atoms with Crippen LogP contribution >= 0.6 is 0 Å². The number of aromatic nitrogens is 4. The summed E-state index contributed by atoms with van der Waals surface area (Å²) in [5.41, 5.74) is 11.6. The van der Waals surface area contributed by atoms with Gasteiger partial charge in [-0.15, -0.1) is 0 Å². The van der Waals surface area contributed by atoms with E-state index >= 15 is 0 Å². The van der Waals surface area contributed by atoms with E-state index in [1.165, 1.54) is 18.4 Å². The number of hydrogen-bond acceptors (Lipinski definition) is 7. The van der Waals surface area contributed by atoms with Crippen LogP contribution in [0.5, 0.6) is 0 Å². The molecule has 0 unspecified atom stereocenters. The van der Waals surface area contributed by atoms with Gasteiger partial charge in [-0.05, 0) is 38.7 Å². The van der Waals surface area contributed by atoms with Crippen LogP contribution in [0.2, 0.25) is 0 Å². The van der Waals surface area contributed by atoms with E-state index in [1.807, 2.05) is 42.5 Å². The number of Topliss-reactive ketones (excluding diaryl/α,β-unsaturated/α-hetero) is 2. The number of nitrogen functional groups attached to an aromatic ring is 1. The summed E-state index contributed by atoms with van der Waals surface area (Å²) < 4.78 is 1.52. The van der Waals surface area contributed by atoms with Gasteiger partial charge >= 0.3 is 0 Å². The Labute approximate surface area is 219 Å². The molecule has 6 rings (SSSR count). The average molecular weight is 509 g/mol. The van der Waals surface area contributed by atoms with Gasteiger partial charge in [0.1, 0.15) is 5.82 Å². The molecule has 9 nitrogen and oxygen atoms in total. The molecule has 2 aliphatic rings. The van der Waals surface area contributed by atoms with E-state index in [1.54, 1.807) is 17.3 Å². The molecular formula is C29H28N6O3. The lowest BCUT2D eigenvalue weighted by molar-refractivity contribution is -0.146. The number of benzene rings is 1. The van der Waals surface area contributed by atoms with Crippen molar-refractivity contribution in [2.45, 2.75) is 57.5 Å². The zero-order valence-electron chi connectivity index (χ0n) is 21.3. The molecule has 4 aromatic rings. The van der Waals surface area contributed by atoms with Crippen LogP contribution in [0.15, 0.2) is 54.9 Å². The highest BCUT2D eigenvalue weighted by molar-refractivity contribution is 6.35. The highest BCUT2D eigenvalue weighted by Gasteiger charge is 2.45. The number of amides is 1. The van der Waals surface area contributed by atoms with Gasteiger partial charge in [0, 0.05) is 47.8 Å². The summed E-state index contributed by atoms with van der Waals surface area (Å²) in [6, 6.07) is 13.8. The van der Waals surface area contributed by atoms with Gasteiger partial charge < -0.3 is 10.6 Å². The number of pyridine rings is 1. The molecule has 192 valence electrons. The smallest absolute Gasteiger partial charge is 0.290 e. The van der Waals surface area contributed by atoms with Crippen molar-refractivity contribution >= 4 is 28.9 Å². The maximum atomic E-state index is 12.8. The fourth-order valence-electron chi connectivity index (χ4n) is 6.14. The van der Waals surface area contributed by atoms with Crippen LogP contribution in [0.4, 0.5) is 5.82 Å². The lowest BCUT2D eigenvalue weighted by atomic mass is 9.85. The molecule has 0 spiro atoms. The zero-order chi connectivity index (χ0) is 26.6. The monoisotopic (exact) mass is 508 g/mol. The van der Waals surface area contributed by atoms with Crippen molar-refractivity contribution in [1.82, 2.24) is 24.5 Å². The number of carbonyl (C=O) groups is 3. The predicted molar refractivity (Wildman–Crippen MR) is 142 cm³/mol. The molecule has 0 radical (unpaired) electrons. The molecule has 5 heterocycles. The molecule has 3 aromatic heterocycles. The van der Waals surface area contributed by atoms with Crippen LogP contribution in [0.25, 0.3) is 28.0 Å². The van der Waals surface area contributed by atoms with Crippen molar-refractivity contribution in [3.63, 3.8) is 0 Å². The van der Waals surface area contributed by atoms with E-state index < -0.39 is 11.7 Å². The Balaban J connectivity index is 1.40. The second kappa shape index (κ2) is 9.16. The quantitative estimate of drug-likeness (QED) is 0.318. The lowest BCUT2D eigenvalue weighted by Gasteiger charge is -2.38. The molecule has 2 fully saturated rings. The minimum absolute atomic E-state index is 0.0479. The Morgan fingerprint density at radius 3 is 2.24 bits per heavy atom.